The number of H-pyrrole nitrogens is 1. The molecule has 1 fully saturated rings. The second-order valence-electron chi connectivity index (χ2n) is 6.50. The lowest BCUT2D eigenvalue weighted by molar-refractivity contribution is -0.143. The third kappa shape index (κ3) is 4.94. The Balaban J connectivity index is 1.89. The fourth-order valence-corrected chi connectivity index (χ4v) is 3.00. The predicted octanol–water partition coefficient (Wildman–Crippen LogP) is 0.308. The number of Topliss-reactive ketones (excluding diaryl/α,β-unsaturated/α-hetero) is 1. The van der Waals surface area contributed by atoms with E-state index in [-0.39, 0.29) is 23.9 Å². The molecule has 1 aromatic rings. The van der Waals surface area contributed by atoms with Crippen LogP contribution < -0.4 is 0 Å². The van der Waals surface area contributed by atoms with Gasteiger partial charge in [-0.05, 0) is 26.3 Å². The van der Waals surface area contributed by atoms with Crippen LogP contribution in [-0.2, 0) is 19.1 Å². The summed E-state index contributed by atoms with van der Waals surface area (Å²) in [6.45, 7) is 6.14. The highest BCUT2D eigenvalue weighted by Crippen LogP contribution is 2.19. The molecule has 1 aromatic heterocycles. The number of morpholine rings is 1. The van der Waals surface area contributed by atoms with Crippen LogP contribution in [0.25, 0.3) is 0 Å². The maximum atomic E-state index is 12.2. The van der Waals surface area contributed by atoms with Gasteiger partial charge >= 0.3 is 5.97 Å². The normalized spacial score (nSPS) is 14.0. The maximum absolute atomic E-state index is 12.2. The highest BCUT2D eigenvalue weighted by atomic mass is 16.5. The molecular weight excluding hydrogens is 354 g/mol. The Kier molecular flexibility index (Phi) is 6.73. The van der Waals surface area contributed by atoms with Crippen molar-refractivity contribution in [2.24, 2.45) is 0 Å². The SMILES string of the molecule is CC(=O)c1c(C)[nH]c(C(=O)OCC(=O)N(C)CC(=O)N2CCOCC2)c1C. The number of aromatic amines is 1. The van der Waals surface area contributed by atoms with Crippen LogP contribution in [0.15, 0.2) is 0 Å². The molecule has 9 heteroatoms. The van der Waals surface area contributed by atoms with Crippen LogP contribution in [0.3, 0.4) is 0 Å². The monoisotopic (exact) mass is 379 g/mol. The number of hydrogen-bond donors (Lipinski definition) is 1. The van der Waals surface area contributed by atoms with Gasteiger partial charge in [-0.3, -0.25) is 14.4 Å². The van der Waals surface area contributed by atoms with E-state index >= 15 is 0 Å². The smallest absolute Gasteiger partial charge is 0.355 e. The second kappa shape index (κ2) is 8.81. The molecule has 0 unspecified atom stereocenters. The van der Waals surface area contributed by atoms with E-state index in [9.17, 15) is 19.2 Å². The standard InChI is InChI=1S/C18H25N3O6/c1-11-16(13(3)22)12(2)19-17(11)18(25)27-10-15(24)20(4)9-14(23)21-5-7-26-8-6-21/h19H,5-10H2,1-4H3. The Hall–Kier alpha value is -2.68. The molecule has 2 amide bonds. The molecule has 1 saturated heterocycles. The van der Waals surface area contributed by atoms with Gasteiger partial charge in [0.2, 0.25) is 5.91 Å². The molecule has 0 saturated carbocycles. The minimum atomic E-state index is -0.718. The summed E-state index contributed by atoms with van der Waals surface area (Å²) in [6, 6.07) is 0. The van der Waals surface area contributed by atoms with Gasteiger partial charge in [0, 0.05) is 31.4 Å². The Morgan fingerprint density at radius 3 is 2.37 bits per heavy atom. The maximum Gasteiger partial charge on any atom is 0.355 e. The fraction of sp³-hybridized carbons (Fsp3) is 0.556. The first kappa shape index (κ1) is 20.6. The summed E-state index contributed by atoms with van der Waals surface area (Å²) in [5.41, 5.74) is 1.67. The molecule has 0 spiro atoms. The van der Waals surface area contributed by atoms with Gasteiger partial charge in [0.1, 0.15) is 5.69 Å². The van der Waals surface area contributed by atoms with E-state index in [2.05, 4.69) is 4.98 Å². The molecule has 0 aromatic carbocycles. The van der Waals surface area contributed by atoms with Crippen molar-refractivity contribution >= 4 is 23.6 Å². The van der Waals surface area contributed by atoms with Crippen LogP contribution >= 0.6 is 0 Å². The quantitative estimate of drug-likeness (QED) is 0.563. The van der Waals surface area contributed by atoms with E-state index in [1.54, 1.807) is 18.7 Å². The fourth-order valence-electron chi connectivity index (χ4n) is 3.00. The summed E-state index contributed by atoms with van der Waals surface area (Å²) in [5.74, 6) is -1.54. The number of amides is 2. The number of aromatic nitrogens is 1. The lowest BCUT2D eigenvalue weighted by Crippen LogP contribution is -2.46. The van der Waals surface area contributed by atoms with Crippen molar-refractivity contribution in [3.63, 3.8) is 0 Å². The highest BCUT2D eigenvalue weighted by Gasteiger charge is 2.24. The third-order valence-corrected chi connectivity index (χ3v) is 4.48. The van der Waals surface area contributed by atoms with Crippen LogP contribution in [0, 0.1) is 13.8 Å². The Morgan fingerprint density at radius 1 is 1.19 bits per heavy atom. The van der Waals surface area contributed by atoms with Gasteiger partial charge in [-0.15, -0.1) is 0 Å². The van der Waals surface area contributed by atoms with E-state index in [0.717, 1.165) is 0 Å². The molecule has 27 heavy (non-hydrogen) atoms. The Labute approximate surface area is 157 Å². The average molecular weight is 379 g/mol. The molecule has 1 aliphatic rings. The third-order valence-electron chi connectivity index (χ3n) is 4.48. The summed E-state index contributed by atoms with van der Waals surface area (Å²) < 4.78 is 10.2. The summed E-state index contributed by atoms with van der Waals surface area (Å²) in [5, 5.41) is 0. The zero-order valence-electron chi connectivity index (χ0n) is 16.1. The summed E-state index contributed by atoms with van der Waals surface area (Å²) in [4.78, 5) is 53.8. The van der Waals surface area contributed by atoms with Crippen molar-refractivity contribution < 1.29 is 28.7 Å². The Morgan fingerprint density at radius 2 is 1.81 bits per heavy atom. The van der Waals surface area contributed by atoms with Crippen molar-refractivity contribution in [2.45, 2.75) is 20.8 Å². The number of ketones is 1. The van der Waals surface area contributed by atoms with E-state index in [0.29, 0.717) is 43.1 Å². The van der Waals surface area contributed by atoms with Crippen molar-refractivity contribution in [2.75, 3.05) is 46.5 Å². The number of hydrogen-bond acceptors (Lipinski definition) is 6. The zero-order chi connectivity index (χ0) is 20.1. The highest BCUT2D eigenvalue weighted by molar-refractivity contribution is 6.01. The van der Waals surface area contributed by atoms with Gasteiger partial charge in [-0.25, -0.2) is 4.79 Å². The number of likely N-dealkylation sites (N-methyl/N-ethyl adjacent to an activating group) is 1. The lowest BCUT2D eigenvalue weighted by atomic mass is 10.1. The second-order valence-corrected chi connectivity index (χ2v) is 6.50. The molecule has 0 radical (unpaired) electrons. The number of carbonyl (C=O) groups excluding carboxylic acids is 4. The molecule has 2 heterocycles. The van der Waals surface area contributed by atoms with Gasteiger partial charge in [-0.1, -0.05) is 0 Å². The number of rotatable bonds is 6. The van der Waals surface area contributed by atoms with Crippen molar-refractivity contribution in [1.29, 1.82) is 0 Å². The minimum absolute atomic E-state index is 0.0918. The first-order valence-corrected chi connectivity index (χ1v) is 8.69. The van der Waals surface area contributed by atoms with Gasteiger partial charge in [-0.2, -0.15) is 0 Å². The molecule has 1 N–H and O–H groups in total. The van der Waals surface area contributed by atoms with Crippen molar-refractivity contribution in [3.05, 3.63) is 22.5 Å². The molecule has 0 aliphatic carbocycles. The molecule has 1 aliphatic heterocycles. The first-order chi connectivity index (χ1) is 12.7. The number of nitrogens with zero attached hydrogens (tertiary/aromatic N) is 2. The van der Waals surface area contributed by atoms with Gasteiger partial charge in [0.15, 0.2) is 12.4 Å². The number of aryl methyl sites for hydroxylation is 1. The van der Waals surface area contributed by atoms with E-state index in [1.165, 1.54) is 18.9 Å². The van der Waals surface area contributed by atoms with Crippen LogP contribution in [-0.4, -0.2) is 84.9 Å². The van der Waals surface area contributed by atoms with Gasteiger partial charge in [0.05, 0.1) is 19.8 Å². The summed E-state index contributed by atoms with van der Waals surface area (Å²) in [6.07, 6.45) is 0. The van der Waals surface area contributed by atoms with E-state index in [1.807, 2.05) is 0 Å². The zero-order valence-corrected chi connectivity index (χ0v) is 16.1. The molecule has 2 rings (SSSR count). The molecule has 0 bridgehead atoms. The van der Waals surface area contributed by atoms with Gasteiger partial charge < -0.3 is 24.3 Å². The molecule has 148 valence electrons. The number of carbonyl (C=O) groups is 4. The molecular formula is C18H25N3O6. The predicted molar refractivity (Wildman–Crippen MR) is 95.6 cm³/mol. The average Bonchev–Trinajstić information content (AvgIpc) is 2.94. The number of nitrogens with one attached hydrogen (secondary N) is 1. The van der Waals surface area contributed by atoms with Crippen LogP contribution in [0.5, 0.6) is 0 Å². The van der Waals surface area contributed by atoms with Crippen LogP contribution in [0.2, 0.25) is 0 Å². The van der Waals surface area contributed by atoms with Gasteiger partial charge in [0.25, 0.3) is 5.91 Å². The van der Waals surface area contributed by atoms with E-state index in [4.69, 9.17) is 9.47 Å². The molecule has 9 nitrogen and oxygen atoms in total. The largest absolute Gasteiger partial charge is 0.451 e. The Bertz CT molecular complexity index is 749. The number of esters is 1. The first-order valence-electron chi connectivity index (χ1n) is 8.69. The van der Waals surface area contributed by atoms with Crippen LogP contribution in [0.1, 0.15) is 39.0 Å². The molecule has 0 atom stereocenters. The van der Waals surface area contributed by atoms with E-state index < -0.39 is 18.5 Å². The summed E-state index contributed by atoms with van der Waals surface area (Å²) >= 11 is 0. The van der Waals surface area contributed by atoms with Crippen molar-refractivity contribution in [3.8, 4) is 0 Å². The van der Waals surface area contributed by atoms with Crippen LogP contribution in [0.4, 0.5) is 0 Å². The summed E-state index contributed by atoms with van der Waals surface area (Å²) in [7, 11) is 1.48. The number of ether oxygens (including phenoxy) is 2. The van der Waals surface area contributed by atoms with Crippen molar-refractivity contribution in [1.82, 2.24) is 14.8 Å². The minimum Gasteiger partial charge on any atom is -0.451 e. The lowest BCUT2D eigenvalue weighted by Gasteiger charge is -2.28. The topological polar surface area (TPSA) is 109 Å².